The lowest BCUT2D eigenvalue weighted by Gasteiger charge is -2.43. The Labute approximate surface area is 180 Å². The molecule has 0 unspecified atom stereocenters. The van der Waals surface area contributed by atoms with E-state index in [0.717, 1.165) is 0 Å². The summed E-state index contributed by atoms with van der Waals surface area (Å²) in [5.74, 6) is -0.744. The largest absolute Gasteiger partial charge is 0.483 e. The van der Waals surface area contributed by atoms with Gasteiger partial charge >= 0.3 is 17.6 Å². The molecule has 3 rings (SSSR count). The maximum atomic E-state index is 12.7. The van der Waals surface area contributed by atoms with Gasteiger partial charge in [-0.3, -0.25) is 0 Å². The fraction of sp³-hybridized carbons (Fsp3) is 0.375. The number of fused-ring (bicyclic) bond motifs is 3. The van der Waals surface area contributed by atoms with Crippen LogP contribution in [0.2, 0.25) is 0 Å². The van der Waals surface area contributed by atoms with Crippen molar-refractivity contribution < 1.29 is 28.2 Å². The van der Waals surface area contributed by atoms with Crippen molar-refractivity contribution in [3.63, 3.8) is 0 Å². The summed E-state index contributed by atoms with van der Waals surface area (Å²) in [4.78, 5) is 37.3. The van der Waals surface area contributed by atoms with Crippen molar-refractivity contribution in [1.29, 1.82) is 0 Å². The highest BCUT2D eigenvalue weighted by Gasteiger charge is 2.50. The van der Waals surface area contributed by atoms with Crippen LogP contribution in [0.1, 0.15) is 53.2 Å². The van der Waals surface area contributed by atoms with Crippen LogP contribution in [0, 0.1) is 0 Å². The number of hydrogen-bond donors (Lipinski definition) is 0. The predicted molar refractivity (Wildman–Crippen MR) is 115 cm³/mol. The molecule has 1 aromatic heterocycles. The van der Waals surface area contributed by atoms with Crippen LogP contribution in [-0.4, -0.2) is 23.6 Å². The van der Waals surface area contributed by atoms with Crippen molar-refractivity contribution in [3.8, 4) is 5.75 Å². The van der Waals surface area contributed by atoms with Crippen LogP contribution in [0.3, 0.4) is 0 Å². The molecule has 0 amide bonds. The van der Waals surface area contributed by atoms with Crippen LogP contribution < -0.4 is 10.4 Å². The fourth-order valence-electron chi connectivity index (χ4n) is 3.33. The van der Waals surface area contributed by atoms with Crippen molar-refractivity contribution in [3.05, 3.63) is 63.5 Å². The van der Waals surface area contributed by atoms with Gasteiger partial charge in [0, 0.05) is 22.6 Å². The molecule has 7 heteroatoms. The molecular formula is C24H26O7. The van der Waals surface area contributed by atoms with E-state index in [1.165, 1.54) is 6.07 Å². The SMILES string of the molecule is CC=C(C)C(=O)O[C@H]1c2c(ccc3ccc(=O)oc23)OC(C)(C)[C@H]1OC(=O)C(C)=CC. The van der Waals surface area contributed by atoms with E-state index in [1.807, 2.05) is 0 Å². The van der Waals surface area contributed by atoms with Gasteiger partial charge in [0.15, 0.2) is 12.2 Å². The van der Waals surface area contributed by atoms with Crippen molar-refractivity contribution >= 4 is 22.9 Å². The third-order valence-electron chi connectivity index (χ3n) is 5.38. The van der Waals surface area contributed by atoms with Crippen molar-refractivity contribution in [2.75, 3.05) is 0 Å². The number of esters is 2. The number of carbonyl (C=O) groups is 2. The minimum atomic E-state index is -1.05. The van der Waals surface area contributed by atoms with E-state index in [1.54, 1.807) is 71.9 Å². The number of allylic oxidation sites excluding steroid dienone is 2. The van der Waals surface area contributed by atoms with Gasteiger partial charge in [-0.2, -0.15) is 0 Å². The second-order valence-corrected chi connectivity index (χ2v) is 7.95. The molecule has 2 atom stereocenters. The van der Waals surface area contributed by atoms with Gasteiger partial charge < -0.3 is 18.6 Å². The molecule has 0 saturated carbocycles. The molecule has 1 aliphatic rings. The molecular weight excluding hydrogens is 400 g/mol. The summed E-state index contributed by atoms with van der Waals surface area (Å²) in [5.41, 5.74) is -0.224. The van der Waals surface area contributed by atoms with Crippen LogP contribution in [0.25, 0.3) is 11.0 Å². The van der Waals surface area contributed by atoms with E-state index >= 15 is 0 Å². The summed E-state index contributed by atoms with van der Waals surface area (Å²) in [6, 6.07) is 6.39. The Kier molecular flexibility index (Phi) is 6.06. The molecule has 0 spiro atoms. The van der Waals surface area contributed by atoms with E-state index in [2.05, 4.69) is 0 Å². The van der Waals surface area contributed by atoms with Gasteiger partial charge in [0.2, 0.25) is 0 Å². The van der Waals surface area contributed by atoms with Crippen molar-refractivity contribution in [2.24, 2.45) is 0 Å². The molecule has 0 fully saturated rings. The molecule has 31 heavy (non-hydrogen) atoms. The van der Waals surface area contributed by atoms with Crippen LogP contribution in [-0.2, 0) is 19.1 Å². The summed E-state index contributed by atoms with van der Waals surface area (Å²) in [7, 11) is 0. The average molecular weight is 426 g/mol. The molecule has 0 N–H and O–H groups in total. The summed E-state index contributed by atoms with van der Waals surface area (Å²) in [6.07, 6.45) is 1.21. The molecule has 2 heterocycles. The smallest absolute Gasteiger partial charge is 0.336 e. The van der Waals surface area contributed by atoms with E-state index in [4.69, 9.17) is 18.6 Å². The topological polar surface area (TPSA) is 92.0 Å². The number of benzene rings is 1. The molecule has 0 saturated heterocycles. The maximum Gasteiger partial charge on any atom is 0.336 e. The highest BCUT2D eigenvalue weighted by Crippen LogP contribution is 2.46. The normalized spacial score (nSPS) is 20.6. The van der Waals surface area contributed by atoms with E-state index in [0.29, 0.717) is 27.8 Å². The molecule has 2 aromatic rings. The van der Waals surface area contributed by atoms with Gasteiger partial charge in [-0.1, -0.05) is 12.2 Å². The Balaban J connectivity index is 2.23. The number of rotatable bonds is 4. The van der Waals surface area contributed by atoms with Crippen molar-refractivity contribution in [1.82, 2.24) is 0 Å². The fourth-order valence-corrected chi connectivity index (χ4v) is 3.33. The Morgan fingerprint density at radius 2 is 1.55 bits per heavy atom. The van der Waals surface area contributed by atoms with Crippen LogP contribution in [0.4, 0.5) is 0 Å². The number of carbonyl (C=O) groups excluding carboxylic acids is 2. The van der Waals surface area contributed by atoms with Crippen LogP contribution in [0.15, 0.2) is 56.8 Å². The first-order chi connectivity index (χ1) is 14.6. The van der Waals surface area contributed by atoms with Crippen molar-refractivity contribution in [2.45, 2.75) is 59.4 Å². The summed E-state index contributed by atoms with van der Waals surface area (Å²) in [6.45, 7) is 10.2. The second-order valence-electron chi connectivity index (χ2n) is 7.95. The third kappa shape index (κ3) is 4.26. The summed E-state index contributed by atoms with van der Waals surface area (Å²) >= 11 is 0. The zero-order chi connectivity index (χ0) is 22.9. The zero-order valence-electron chi connectivity index (χ0n) is 18.5. The Morgan fingerprint density at radius 3 is 2.16 bits per heavy atom. The molecule has 164 valence electrons. The first kappa shape index (κ1) is 22.3. The lowest BCUT2D eigenvalue weighted by molar-refractivity contribution is -0.185. The molecule has 0 aliphatic carbocycles. The number of hydrogen-bond acceptors (Lipinski definition) is 7. The maximum absolute atomic E-state index is 12.7. The highest BCUT2D eigenvalue weighted by molar-refractivity contribution is 5.90. The van der Waals surface area contributed by atoms with Gasteiger partial charge in [-0.25, -0.2) is 14.4 Å². The third-order valence-corrected chi connectivity index (χ3v) is 5.38. The molecule has 0 radical (unpaired) electrons. The minimum Gasteiger partial charge on any atom is -0.483 e. The Morgan fingerprint density at radius 1 is 0.968 bits per heavy atom. The minimum absolute atomic E-state index is 0.222. The number of ether oxygens (including phenoxy) is 3. The van der Waals surface area contributed by atoms with Gasteiger partial charge in [0.05, 0.1) is 5.56 Å². The molecule has 1 aromatic carbocycles. The van der Waals surface area contributed by atoms with Crippen LogP contribution >= 0.6 is 0 Å². The quantitative estimate of drug-likeness (QED) is 0.407. The lowest BCUT2D eigenvalue weighted by atomic mass is 9.87. The average Bonchev–Trinajstić information content (AvgIpc) is 2.73. The summed E-state index contributed by atoms with van der Waals surface area (Å²) < 4.78 is 23.2. The standard InChI is InChI=1S/C24H26O7/c1-7-13(3)22(26)29-20-18-16(11-9-15-10-12-17(25)28-19(15)18)31-24(5,6)21(20)30-23(27)14(4)8-2/h7-12,20-21H,1-6H3/t20-,21-/m0/s1. The predicted octanol–water partition coefficient (Wildman–Crippen LogP) is 4.39. The van der Waals surface area contributed by atoms with Gasteiger partial charge in [0.1, 0.15) is 16.9 Å². The Hall–Kier alpha value is -3.35. The zero-order valence-corrected chi connectivity index (χ0v) is 18.5. The van der Waals surface area contributed by atoms with E-state index in [9.17, 15) is 14.4 Å². The monoisotopic (exact) mass is 426 g/mol. The van der Waals surface area contributed by atoms with Gasteiger partial charge in [-0.05, 0) is 59.7 Å². The lowest BCUT2D eigenvalue weighted by Crippen LogP contribution is -2.52. The van der Waals surface area contributed by atoms with Gasteiger partial charge in [-0.15, -0.1) is 0 Å². The molecule has 0 bridgehead atoms. The van der Waals surface area contributed by atoms with E-state index in [-0.39, 0.29) is 5.58 Å². The second kappa shape index (κ2) is 8.41. The van der Waals surface area contributed by atoms with E-state index < -0.39 is 35.4 Å². The first-order valence-electron chi connectivity index (χ1n) is 10.0. The van der Waals surface area contributed by atoms with Gasteiger partial charge in [0.25, 0.3) is 0 Å². The van der Waals surface area contributed by atoms with Crippen LogP contribution in [0.5, 0.6) is 5.75 Å². The first-order valence-corrected chi connectivity index (χ1v) is 10.0. The Bertz CT molecular complexity index is 1150. The molecule has 1 aliphatic heterocycles. The highest BCUT2D eigenvalue weighted by atomic mass is 16.6. The molecule has 7 nitrogen and oxygen atoms in total. The summed E-state index contributed by atoms with van der Waals surface area (Å²) in [5, 5.41) is 0.625.